The van der Waals surface area contributed by atoms with Crippen LogP contribution < -0.4 is 0 Å². The molecule has 0 spiro atoms. The molecular formula is C17H10FN3O4. The van der Waals surface area contributed by atoms with Crippen LogP contribution in [-0.4, -0.2) is 36.3 Å². The topological polar surface area (TPSA) is 105 Å². The number of ketones is 2. The summed E-state index contributed by atoms with van der Waals surface area (Å²) in [6.45, 7) is -0.0481. The van der Waals surface area contributed by atoms with E-state index < -0.39 is 29.1 Å². The number of fused-ring (bicyclic) bond motifs is 2. The molecule has 7 nitrogen and oxygen atoms in total. The second kappa shape index (κ2) is 5.23. The Morgan fingerprint density at radius 1 is 1.00 bits per heavy atom. The van der Waals surface area contributed by atoms with Crippen molar-refractivity contribution < 1.29 is 24.2 Å². The largest absolute Gasteiger partial charge is 0.494 e. The van der Waals surface area contributed by atoms with Gasteiger partial charge in [-0.25, -0.2) is 14.4 Å². The van der Waals surface area contributed by atoms with Crippen molar-refractivity contribution in [3.8, 4) is 11.8 Å². The third-order valence-corrected chi connectivity index (χ3v) is 4.09. The van der Waals surface area contributed by atoms with Gasteiger partial charge in [0.05, 0.1) is 17.7 Å². The smallest absolute Gasteiger partial charge is 0.218 e. The maximum atomic E-state index is 13.0. The van der Waals surface area contributed by atoms with Crippen LogP contribution in [0.15, 0.2) is 36.8 Å². The van der Waals surface area contributed by atoms with Gasteiger partial charge in [0.25, 0.3) is 0 Å². The zero-order valence-corrected chi connectivity index (χ0v) is 12.6. The number of nitrogens with zero attached hydrogens (tertiary/aromatic N) is 3. The lowest BCUT2D eigenvalue weighted by atomic mass is 9.90. The standard InChI is InChI=1S/C17H10FN3O4/c18-9-3-1-8(2-4-9)6-21-16(24)11-12(17(21)25)15(23)13-10(14(11)22)5-19-7-20-13/h1-5,7,24-25H,6H2. The number of hydrogen-bond donors (Lipinski definition) is 2. The van der Waals surface area contributed by atoms with Gasteiger partial charge in [0.15, 0.2) is 0 Å². The van der Waals surface area contributed by atoms with Gasteiger partial charge in [0.2, 0.25) is 23.3 Å². The van der Waals surface area contributed by atoms with Crippen LogP contribution in [-0.2, 0) is 6.54 Å². The summed E-state index contributed by atoms with van der Waals surface area (Å²) in [5.74, 6) is -2.82. The molecule has 8 heteroatoms. The van der Waals surface area contributed by atoms with Crippen molar-refractivity contribution in [3.05, 3.63) is 70.6 Å². The van der Waals surface area contributed by atoms with Gasteiger partial charge >= 0.3 is 0 Å². The van der Waals surface area contributed by atoms with Crippen molar-refractivity contribution in [1.82, 2.24) is 14.5 Å². The van der Waals surface area contributed by atoms with Crippen molar-refractivity contribution in [2.45, 2.75) is 6.54 Å². The summed E-state index contributed by atoms with van der Waals surface area (Å²) in [6.07, 6.45) is 2.32. The molecule has 1 aliphatic carbocycles. The number of carbonyl (C=O) groups is 2. The summed E-state index contributed by atoms with van der Waals surface area (Å²) in [5.41, 5.74) is -0.171. The third-order valence-electron chi connectivity index (χ3n) is 4.09. The van der Waals surface area contributed by atoms with E-state index in [4.69, 9.17) is 0 Å². The summed E-state index contributed by atoms with van der Waals surface area (Å²) in [4.78, 5) is 32.6. The van der Waals surface area contributed by atoms with E-state index in [-0.39, 0.29) is 28.9 Å². The maximum absolute atomic E-state index is 13.0. The van der Waals surface area contributed by atoms with E-state index in [0.717, 1.165) is 10.9 Å². The van der Waals surface area contributed by atoms with E-state index in [0.29, 0.717) is 5.56 Å². The molecular weight excluding hydrogens is 329 g/mol. The molecule has 0 amide bonds. The zero-order valence-electron chi connectivity index (χ0n) is 12.6. The highest BCUT2D eigenvalue weighted by atomic mass is 19.1. The highest BCUT2D eigenvalue weighted by Gasteiger charge is 2.39. The fraction of sp³-hybridized carbons (Fsp3) is 0.0588. The van der Waals surface area contributed by atoms with Gasteiger partial charge in [0.1, 0.15) is 23.4 Å². The molecule has 0 unspecified atom stereocenters. The first-order valence-electron chi connectivity index (χ1n) is 7.27. The minimum absolute atomic E-state index is 0.0331. The van der Waals surface area contributed by atoms with Crippen molar-refractivity contribution >= 4 is 11.6 Å². The molecule has 25 heavy (non-hydrogen) atoms. The van der Waals surface area contributed by atoms with Crippen LogP contribution in [0.1, 0.15) is 37.5 Å². The normalized spacial score (nSPS) is 12.8. The zero-order chi connectivity index (χ0) is 17.7. The van der Waals surface area contributed by atoms with Crippen LogP contribution >= 0.6 is 0 Å². The summed E-state index contributed by atoms with van der Waals surface area (Å²) in [5, 5.41) is 20.8. The molecule has 0 saturated carbocycles. The number of benzene rings is 1. The second-order valence-electron chi connectivity index (χ2n) is 5.55. The molecule has 2 N–H and O–H groups in total. The van der Waals surface area contributed by atoms with Crippen LogP contribution in [0.25, 0.3) is 0 Å². The number of aromatic nitrogens is 3. The lowest BCUT2D eigenvalue weighted by Gasteiger charge is -2.11. The maximum Gasteiger partial charge on any atom is 0.218 e. The van der Waals surface area contributed by atoms with Gasteiger partial charge in [-0.3, -0.25) is 14.2 Å². The number of aromatic hydroxyl groups is 2. The molecule has 4 rings (SSSR count). The quantitative estimate of drug-likeness (QED) is 0.575. The first-order valence-corrected chi connectivity index (χ1v) is 7.27. The number of halogens is 1. The Bertz CT molecular complexity index is 982. The predicted octanol–water partition coefficient (Wildman–Crippen LogP) is 1.65. The first-order chi connectivity index (χ1) is 12.0. The van der Waals surface area contributed by atoms with E-state index in [1.807, 2.05) is 0 Å². The Kier molecular flexibility index (Phi) is 3.14. The summed E-state index contributed by atoms with van der Waals surface area (Å²) in [7, 11) is 0. The van der Waals surface area contributed by atoms with Crippen LogP contribution in [0.3, 0.4) is 0 Å². The highest BCUT2D eigenvalue weighted by Crippen LogP contribution is 2.40. The Morgan fingerprint density at radius 2 is 1.64 bits per heavy atom. The average molecular weight is 339 g/mol. The molecule has 3 aromatic rings. The van der Waals surface area contributed by atoms with Crippen LogP contribution in [0, 0.1) is 5.82 Å². The van der Waals surface area contributed by atoms with Crippen molar-refractivity contribution in [2.24, 2.45) is 0 Å². The van der Waals surface area contributed by atoms with E-state index >= 15 is 0 Å². The highest BCUT2D eigenvalue weighted by molar-refractivity contribution is 6.29. The minimum atomic E-state index is -0.669. The molecule has 2 aromatic heterocycles. The summed E-state index contributed by atoms with van der Waals surface area (Å²) in [6, 6.07) is 5.40. The summed E-state index contributed by atoms with van der Waals surface area (Å²) >= 11 is 0. The molecule has 1 aromatic carbocycles. The fourth-order valence-electron chi connectivity index (χ4n) is 2.88. The lowest BCUT2D eigenvalue weighted by Crippen LogP contribution is -2.21. The van der Waals surface area contributed by atoms with Gasteiger partial charge < -0.3 is 10.2 Å². The first kappa shape index (κ1) is 15.0. The summed E-state index contributed by atoms with van der Waals surface area (Å²) < 4.78 is 14.0. The molecule has 0 aliphatic heterocycles. The Hall–Kier alpha value is -3.55. The number of hydrogen-bond acceptors (Lipinski definition) is 6. The molecule has 0 atom stereocenters. The predicted molar refractivity (Wildman–Crippen MR) is 82.2 cm³/mol. The Labute approximate surface area is 140 Å². The molecule has 0 radical (unpaired) electrons. The van der Waals surface area contributed by atoms with Crippen LogP contribution in [0.4, 0.5) is 4.39 Å². The average Bonchev–Trinajstić information content (AvgIpc) is 2.86. The Balaban J connectivity index is 1.87. The molecule has 124 valence electrons. The second-order valence-corrected chi connectivity index (χ2v) is 5.55. The number of rotatable bonds is 2. The van der Waals surface area contributed by atoms with Crippen molar-refractivity contribution in [1.29, 1.82) is 0 Å². The van der Waals surface area contributed by atoms with Crippen molar-refractivity contribution in [3.63, 3.8) is 0 Å². The van der Waals surface area contributed by atoms with E-state index in [9.17, 15) is 24.2 Å². The van der Waals surface area contributed by atoms with E-state index in [1.165, 1.54) is 30.5 Å². The van der Waals surface area contributed by atoms with Gasteiger partial charge in [-0.2, -0.15) is 0 Å². The van der Waals surface area contributed by atoms with Crippen molar-refractivity contribution in [2.75, 3.05) is 0 Å². The van der Waals surface area contributed by atoms with Crippen LogP contribution in [0.2, 0.25) is 0 Å². The van der Waals surface area contributed by atoms with Gasteiger partial charge in [-0.05, 0) is 17.7 Å². The SMILES string of the molecule is O=C1c2cncnc2C(=O)c2c1c(O)n(Cc1ccc(F)cc1)c2O. The minimum Gasteiger partial charge on any atom is -0.494 e. The molecule has 0 bridgehead atoms. The van der Waals surface area contributed by atoms with Gasteiger partial charge in [-0.1, -0.05) is 12.1 Å². The molecule has 2 heterocycles. The third kappa shape index (κ3) is 2.11. The number of carbonyl (C=O) groups excluding carboxylic acids is 2. The fourth-order valence-corrected chi connectivity index (χ4v) is 2.88. The van der Waals surface area contributed by atoms with Gasteiger partial charge in [-0.15, -0.1) is 0 Å². The van der Waals surface area contributed by atoms with E-state index in [2.05, 4.69) is 9.97 Å². The van der Waals surface area contributed by atoms with Crippen LogP contribution in [0.5, 0.6) is 11.8 Å². The molecule has 0 saturated heterocycles. The molecule has 0 fully saturated rings. The monoisotopic (exact) mass is 339 g/mol. The van der Waals surface area contributed by atoms with Gasteiger partial charge in [0, 0.05) is 6.20 Å². The Morgan fingerprint density at radius 3 is 2.32 bits per heavy atom. The molecule has 1 aliphatic rings. The van der Waals surface area contributed by atoms with E-state index in [1.54, 1.807) is 0 Å². The lowest BCUT2D eigenvalue weighted by molar-refractivity contribution is 0.0972.